The Bertz CT molecular complexity index is 849. The second-order valence-corrected chi connectivity index (χ2v) is 5.50. The van der Waals surface area contributed by atoms with E-state index in [1.165, 1.54) is 0 Å². The summed E-state index contributed by atoms with van der Waals surface area (Å²) in [7, 11) is 0. The summed E-state index contributed by atoms with van der Waals surface area (Å²) in [4.78, 5) is 21.0. The number of halogens is 1. The molecule has 116 valence electrons. The van der Waals surface area contributed by atoms with Gasteiger partial charge in [0.25, 0.3) is 0 Å². The van der Waals surface area contributed by atoms with Crippen molar-refractivity contribution in [3.05, 3.63) is 64.9 Å². The van der Waals surface area contributed by atoms with Gasteiger partial charge in [0, 0.05) is 10.7 Å². The molecule has 2 N–H and O–H groups in total. The van der Waals surface area contributed by atoms with Gasteiger partial charge in [-0.15, -0.1) is 0 Å². The van der Waals surface area contributed by atoms with E-state index in [4.69, 9.17) is 11.6 Å². The number of rotatable bonds is 3. The monoisotopic (exact) mass is 326 g/mol. The van der Waals surface area contributed by atoms with E-state index in [1.807, 2.05) is 31.2 Å². The molecule has 3 aromatic rings. The van der Waals surface area contributed by atoms with Crippen molar-refractivity contribution in [1.82, 2.24) is 15.3 Å². The topological polar surface area (TPSA) is 66.9 Å². The summed E-state index contributed by atoms with van der Waals surface area (Å²) in [6.07, 6.45) is 0. The standard InChI is InChI=1S/C17H15ClN4O/c1-11-16(22-15-5-3-2-4-14(15)20-11)10-19-17(23)21-13-8-6-12(18)7-9-13/h2-9H,10H2,1H3,(H2,19,21,23). The summed E-state index contributed by atoms with van der Waals surface area (Å²) < 4.78 is 0. The zero-order valence-electron chi connectivity index (χ0n) is 12.5. The number of urea groups is 1. The first-order chi connectivity index (χ1) is 11.1. The van der Waals surface area contributed by atoms with Gasteiger partial charge in [-0.05, 0) is 43.3 Å². The SMILES string of the molecule is Cc1nc2ccccc2nc1CNC(=O)Nc1ccc(Cl)cc1. The molecule has 0 atom stereocenters. The van der Waals surface area contributed by atoms with E-state index in [9.17, 15) is 4.79 Å². The maximum atomic E-state index is 11.9. The first-order valence-electron chi connectivity index (χ1n) is 7.14. The van der Waals surface area contributed by atoms with E-state index in [0.29, 0.717) is 17.3 Å². The predicted octanol–water partition coefficient (Wildman–Crippen LogP) is 3.91. The first-order valence-corrected chi connectivity index (χ1v) is 7.52. The molecule has 0 aliphatic rings. The number of hydrogen-bond acceptors (Lipinski definition) is 3. The molecule has 3 rings (SSSR count). The molecular formula is C17H15ClN4O. The molecule has 0 bridgehead atoms. The van der Waals surface area contributed by atoms with E-state index in [1.54, 1.807) is 24.3 Å². The average molecular weight is 327 g/mol. The number of anilines is 1. The molecule has 0 fully saturated rings. The van der Waals surface area contributed by atoms with Crippen LogP contribution in [0.1, 0.15) is 11.4 Å². The zero-order valence-corrected chi connectivity index (χ0v) is 13.3. The number of nitrogens with one attached hydrogen (secondary N) is 2. The van der Waals surface area contributed by atoms with Crippen LogP contribution in [-0.4, -0.2) is 16.0 Å². The highest BCUT2D eigenvalue weighted by Gasteiger charge is 2.07. The van der Waals surface area contributed by atoms with Crippen LogP contribution in [0.4, 0.5) is 10.5 Å². The van der Waals surface area contributed by atoms with Crippen LogP contribution in [0.2, 0.25) is 5.02 Å². The van der Waals surface area contributed by atoms with Crippen LogP contribution in [0, 0.1) is 6.92 Å². The Labute approximate surface area is 138 Å². The molecule has 23 heavy (non-hydrogen) atoms. The van der Waals surface area contributed by atoms with Gasteiger partial charge in [0.15, 0.2) is 0 Å². The van der Waals surface area contributed by atoms with E-state index in [-0.39, 0.29) is 6.03 Å². The first kappa shape index (κ1) is 15.2. The zero-order chi connectivity index (χ0) is 16.2. The molecule has 0 aliphatic heterocycles. The van der Waals surface area contributed by atoms with Crippen LogP contribution in [0.5, 0.6) is 0 Å². The summed E-state index contributed by atoms with van der Waals surface area (Å²) in [6, 6.07) is 14.3. The molecule has 2 aromatic carbocycles. The molecule has 0 spiro atoms. The highest BCUT2D eigenvalue weighted by molar-refractivity contribution is 6.30. The minimum Gasteiger partial charge on any atom is -0.332 e. The number of benzene rings is 2. The third kappa shape index (κ3) is 3.76. The van der Waals surface area contributed by atoms with Crippen molar-refractivity contribution in [2.45, 2.75) is 13.5 Å². The van der Waals surface area contributed by atoms with Gasteiger partial charge in [-0.2, -0.15) is 0 Å². The van der Waals surface area contributed by atoms with Crippen LogP contribution in [0.15, 0.2) is 48.5 Å². The molecule has 0 unspecified atom stereocenters. The molecular weight excluding hydrogens is 312 g/mol. The van der Waals surface area contributed by atoms with E-state index < -0.39 is 0 Å². The number of aryl methyl sites for hydroxylation is 1. The van der Waals surface area contributed by atoms with Gasteiger partial charge in [-0.1, -0.05) is 23.7 Å². The van der Waals surface area contributed by atoms with E-state index >= 15 is 0 Å². The van der Waals surface area contributed by atoms with Gasteiger partial charge in [0.1, 0.15) is 0 Å². The normalized spacial score (nSPS) is 10.5. The fraction of sp³-hybridized carbons (Fsp3) is 0.118. The summed E-state index contributed by atoms with van der Waals surface area (Å²) >= 11 is 5.81. The lowest BCUT2D eigenvalue weighted by atomic mass is 10.2. The molecule has 1 aromatic heterocycles. The van der Waals surface area contributed by atoms with Crippen LogP contribution in [0.3, 0.4) is 0 Å². The number of carbonyl (C=O) groups is 1. The summed E-state index contributed by atoms with van der Waals surface area (Å²) in [5.74, 6) is 0. The van der Waals surface area contributed by atoms with Crippen molar-refractivity contribution in [1.29, 1.82) is 0 Å². The number of aromatic nitrogens is 2. The Morgan fingerprint density at radius 2 is 1.70 bits per heavy atom. The van der Waals surface area contributed by atoms with Crippen molar-refractivity contribution >= 4 is 34.4 Å². The number of carbonyl (C=O) groups excluding carboxylic acids is 1. The summed E-state index contributed by atoms with van der Waals surface area (Å²) in [5, 5.41) is 6.14. The molecule has 6 heteroatoms. The van der Waals surface area contributed by atoms with Crippen LogP contribution >= 0.6 is 11.6 Å². The Morgan fingerprint density at radius 3 is 2.39 bits per heavy atom. The molecule has 0 saturated carbocycles. The molecule has 0 radical (unpaired) electrons. The third-order valence-corrected chi connectivity index (χ3v) is 3.61. The Hall–Kier alpha value is -2.66. The number of hydrogen-bond donors (Lipinski definition) is 2. The van der Waals surface area contributed by atoms with Gasteiger partial charge in [-0.3, -0.25) is 0 Å². The lowest BCUT2D eigenvalue weighted by Gasteiger charge is -2.09. The smallest absolute Gasteiger partial charge is 0.319 e. The highest BCUT2D eigenvalue weighted by Crippen LogP contribution is 2.14. The fourth-order valence-corrected chi connectivity index (χ4v) is 2.29. The quantitative estimate of drug-likeness (QED) is 0.766. The largest absolute Gasteiger partial charge is 0.332 e. The van der Waals surface area contributed by atoms with Crippen molar-refractivity contribution in [3.8, 4) is 0 Å². The second kappa shape index (κ2) is 6.62. The van der Waals surface area contributed by atoms with E-state index in [0.717, 1.165) is 22.4 Å². The Balaban J connectivity index is 1.66. The van der Waals surface area contributed by atoms with Gasteiger partial charge >= 0.3 is 6.03 Å². The fourth-order valence-electron chi connectivity index (χ4n) is 2.16. The van der Waals surface area contributed by atoms with Crippen molar-refractivity contribution in [2.75, 3.05) is 5.32 Å². The van der Waals surface area contributed by atoms with Crippen molar-refractivity contribution in [2.24, 2.45) is 0 Å². The molecule has 0 aliphatic carbocycles. The van der Waals surface area contributed by atoms with Crippen LogP contribution in [-0.2, 0) is 6.54 Å². The van der Waals surface area contributed by atoms with Crippen molar-refractivity contribution < 1.29 is 4.79 Å². The molecule has 1 heterocycles. The Kier molecular flexibility index (Phi) is 4.39. The minimum atomic E-state index is -0.304. The van der Waals surface area contributed by atoms with Crippen LogP contribution < -0.4 is 10.6 Å². The summed E-state index contributed by atoms with van der Waals surface area (Å²) in [5.41, 5.74) is 3.88. The maximum Gasteiger partial charge on any atom is 0.319 e. The second-order valence-electron chi connectivity index (χ2n) is 5.06. The van der Waals surface area contributed by atoms with Gasteiger partial charge in [0.2, 0.25) is 0 Å². The molecule has 5 nitrogen and oxygen atoms in total. The lowest BCUT2D eigenvalue weighted by Crippen LogP contribution is -2.29. The van der Waals surface area contributed by atoms with Crippen molar-refractivity contribution in [3.63, 3.8) is 0 Å². The van der Waals surface area contributed by atoms with Crippen LogP contribution in [0.25, 0.3) is 11.0 Å². The number of para-hydroxylation sites is 2. The average Bonchev–Trinajstić information content (AvgIpc) is 2.55. The summed E-state index contributed by atoms with van der Waals surface area (Å²) in [6.45, 7) is 2.19. The number of fused-ring (bicyclic) bond motifs is 1. The molecule has 2 amide bonds. The van der Waals surface area contributed by atoms with Gasteiger partial charge in [-0.25, -0.2) is 14.8 Å². The third-order valence-electron chi connectivity index (χ3n) is 3.36. The lowest BCUT2D eigenvalue weighted by molar-refractivity contribution is 0.251. The Morgan fingerprint density at radius 1 is 1.04 bits per heavy atom. The van der Waals surface area contributed by atoms with Gasteiger partial charge in [0.05, 0.1) is 29.0 Å². The predicted molar refractivity (Wildman–Crippen MR) is 91.6 cm³/mol. The van der Waals surface area contributed by atoms with E-state index in [2.05, 4.69) is 20.6 Å². The molecule has 0 saturated heterocycles. The number of amides is 2. The maximum absolute atomic E-state index is 11.9. The van der Waals surface area contributed by atoms with Gasteiger partial charge < -0.3 is 10.6 Å². The number of nitrogens with zero attached hydrogens (tertiary/aromatic N) is 2. The highest BCUT2D eigenvalue weighted by atomic mass is 35.5. The minimum absolute atomic E-state index is 0.304.